The maximum Gasteiger partial charge on any atom is 0.333 e. The molecular formula is C21H23NO3. The smallest absolute Gasteiger partial charge is 0.333 e. The van der Waals surface area contributed by atoms with Crippen LogP contribution >= 0.6 is 0 Å². The maximum atomic E-state index is 11.9. The summed E-state index contributed by atoms with van der Waals surface area (Å²) in [6.07, 6.45) is 3.57. The molecule has 1 heterocycles. The Morgan fingerprint density at radius 1 is 1.12 bits per heavy atom. The number of methoxy groups -OCH3 is 1. The van der Waals surface area contributed by atoms with Gasteiger partial charge in [0.05, 0.1) is 13.7 Å². The molecule has 0 radical (unpaired) electrons. The molecule has 2 aromatic carbocycles. The van der Waals surface area contributed by atoms with Gasteiger partial charge < -0.3 is 14.8 Å². The number of rotatable bonds is 5. The van der Waals surface area contributed by atoms with Gasteiger partial charge in [-0.2, -0.15) is 0 Å². The first-order chi connectivity index (χ1) is 12.2. The highest BCUT2D eigenvalue weighted by atomic mass is 16.5. The van der Waals surface area contributed by atoms with E-state index in [9.17, 15) is 4.79 Å². The van der Waals surface area contributed by atoms with Gasteiger partial charge in [-0.1, -0.05) is 25.1 Å². The van der Waals surface area contributed by atoms with Crippen molar-refractivity contribution in [3.63, 3.8) is 0 Å². The fourth-order valence-corrected chi connectivity index (χ4v) is 2.87. The molecule has 2 aromatic rings. The average molecular weight is 337 g/mol. The molecule has 0 aromatic heterocycles. The van der Waals surface area contributed by atoms with E-state index in [1.165, 1.54) is 7.11 Å². The van der Waals surface area contributed by atoms with Crippen LogP contribution in [0.3, 0.4) is 0 Å². The topological polar surface area (TPSA) is 47.6 Å². The molecule has 0 atom stereocenters. The molecule has 130 valence electrons. The van der Waals surface area contributed by atoms with Crippen molar-refractivity contribution < 1.29 is 14.3 Å². The molecule has 1 N–H and O–H groups in total. The van der Waals surface area contributed by atoms with Crippen LogP contribution in [-0.2, 0) is 9.53 Å². The summed E-state index contributed by atoms with van der Waals surface area (Å²) in [6, 6.07) is 14.3. The molecule has 1 aliphatic rings. The second-order valence-electron chi connectivity index (χ2n) is 6.01. The third-order valence-electron chi connectivity index (χ3n) is 4.20. The van der Waals surface area contributed by atoms with Crippen LogP contribution < -0.4 is 10.1 Å². The summed E-state index contributed by atoms with van der Waals surface area (Å²) in [7, 11) is 1.42. The third kappa shape index (κ3) is 4.02. The maximum absolute atomic E-state index is 11.9. The van der Waals surface area contributed by atoms with Crippen LogP contribution in [0.15, 0.2) is 48.0 Å². The van der Waals surface area contributed by atoms with Gasteiger partial charge in [-0.25, -0.2) is 4.79 Å². The first-order valence-corrected chi connectivity index (χ1v) is 8.61. The molecule has 0 spiro atoms. The van der Waals surface area contributed by atoms with Crippen molar-refractivity contribution >= 4 is 17.7 Å². The lowest BCUT2D eigenvalue weighted by Gasteiger charge is -2.10. The van der Waals surface area contributed by atoms with Crippen LogP contribution in [0.4, 0.5) is 5.69 Å². The second kappa shape index (κ2) is 7.88. The third-order valence-corrected chi connectivity index (χ3v) is 4.20. The van der Waals surface area contributed by atoms with Gasteiger partial charge in [0, 0.05) is 17.8 Å². The molecule has 0 aliphatic carbocycles. The lowest BCUT2D eigenvalue weighted by atomic mass is 10.0. The van der Waals surface area contributed by atoms with E-state index in [1.807, 2.05) is 18.2 Å². The molecule has 0 unspecified atom stereocenters. The molecule has 3 rings (SSSR count). The summed E-state index contributed by atoms with van der Waals surface area (Å²) in [5, 5.41) is 3.37. The van der Waals surface area contributed by atoms with Gasteiger partial charge in [-0.05, 0) is 59.9 Å². The van der Waals surface area contributed by atoms with Gasteiger partial charge in [0.25, 0.3) is 0 Å². The van der Waals surface area contributed by atoms with E-state index in [0.29, 0.717) is 12.0 Å². The number of esters is 1. The van der Waals surface area contributed by atoms with Crippen molar-refractivity contribution in [2.75, 3.05) is 25.6 Å². The number of fused-ring (bicyclic) bond motifs is 1. The van der Waals surface area contributed by atoms with E-state index >= 15 is 0 Å². The number of hydrogen-bond donors (Lipinski definition) is 1. The summed E-state index contributed by atoms with van der Waals surface area (Å²) in [4.78, 5) is 11.9. The summed E-state index contributed by atoms with van der Waals surface area (Å²) in [6.45, 7) is 3.54. The predicted molar refractivity (Wildman–Crippen MR) is 101 cm³/mol. The Kier molecular flexibility index (Phi) is 5.39. The normalized spacial score (nSPS) is 13.1. The van der Waals surface area contributed by atoms with E-state index in [4.69, 9.17) is 9.47 Å². The van der Waals surface area contributed by atoms with E-state index in [1.54, 1.807) is 0 Å². The Morgan fingerprint density at radius 3 is 2.60 bits per heavy atom. The summed E-state index contributed by atoms with van der Waals surface area (Å²) < 4.78 is 10.5. The first kappa shape index (κ1) is 17.1. The van der Waals surface area contributed by atoms with Gasteiger partial charge >= 0.3 is 5.97 Å². The largest absolute Gasteiger partial charge is 0.494 e. The molecule has 0 bridgehead atoms. The molecule has 25 heavy (non-hydrogen) atoms. The minimum atomic E-state index is -0.266. The van der Waals surface area contributed by atoms with Gasteiger partial charge in [0.1, 0.15) is 5.75 Å². The highest BCUT2D eigenvalue weighted by Crippen LogP contribution is 2.30. The number of hydrogen-bond acceptors (Lipinski definition) is 4. The monoisotopic (exact) mass is 337 g/mol. The van der Waals surface area contributed by atoms with E-state index in [2.05, 4.69) is 42.6 Å². The Morgan fingerprint density at radius 2 is 1.88 bits per heavy atom. The Hall–Kier alpha value is -2.75. The van der Waals surface area contributed by atoms with Crippen molar-refractivity contribution in [2.24, 2.45) is 0 Å². The second-order valence-corrected chi connectivity index (χ2v) is 6.01. The quantitative estimate of drug-likeness (QED) is 0.815. The van der Waals surface area contributed by atoms with Crippen molar-refractivity contribution in [1.82, 2.24) is 0 Å². The molecule has 0 amide bonds. The molecule has 1 aliphatic heterocycles. The van der Waals surface area contributed by atoms with Crippen molar-refractivity contribution in [1.29, 1.82) is 0 Å². The van der Waals surface area contributed by atoms with Crippen LogP contribution in [0.2, 0.25) is 0 Å². The molecule has 4 nitrogen and oxygen atoms in total. The van der Waals surface area contributed by atoms with E-state index in [-0.39, 0.29) is 5.97 Å². The molecule has 0 saturated carbocycles. The number of benzene rings is 2. The minimum Gasteiger partial charge on any atom is -0.494 e. The number of carbonyl (C=O) groups is 1. The number of carbonyl (C=O) groups excluding carboxylic acids is 1. The van der Waals surface area contributed by atoms with Gasteiger partial charge in [0.15, 0.2) is 0 Å². The molecule has 0 saturated heterocycles. The van der Waals surface area contributed by atoms with Gasteiger partial charge in [0.2, 0.25) is 0 Å². The van der Waals surface area contributed by atoms with Crippen molar-refractivity contribution in [2.45, 2.75) is 19.8 Å². The Labute approximate surface area is 148 Å². The van der Waals surface area contributed by atoms with E-state index in [0.717, 1.165) is 47.7 Å². The standard InChI is InChI=1S/C21H23NO3/c1-3-12-25-19-7-4-15(5-8-19)16-6-9-20-18(13-16)14-17(10-11-22-20)21(23)24-2/h4-9,13-14,22H,3,10-12H2,1-2H3. The highest BCUT2D eigenvalue weighted by molar-refractivity contribution is 5.95. The van der Waals surface area contributed by atoms with Crippen LogP contribution in [0, 0.1) is 0 Å². The zero-order valence-corrected chi connectivity index (χ0v) is 14.7. The number of nitrogens with one attached hydrogen (secondary N) is 1. The fraction of sp³-hybridized carbons (Fsp3) is 0.286. The van der Waals surface area contributed by atoms with Crippen LogP contribution in [-0.4, -0.2) is 26.2 Å². The predicted octanol–water partition coefficient (Wildman–Crippen LogP) is 4.51. The zero-order chi connectivity index (χ0) is 17.6. The number of ether oxygens (including phenoxy) is 2. The Bertz CT molecular complexity index is 778. The van der Waals surface area contributed by atoms with E-state index < -0.39 is 0 Å². The van der Waals surface area contributed by atoms with Crippen LogP contribution in [0.5, 0.6) is 5.75 Å². The van der Waals surface area contributed by atoms with Crippen molar-refractivity contribution in [3.8, 4) is 16.9 Å². The Balaban J connectivity index is 1.89. The SMILES string of the molecule is CCCOc1ccc(-c2ccc3c(c2)C=C(C(=O)OC)CCN3)cc1. The highest BCUT2D eigenvalue weighted by Gasteiger charge is 2.15. The molecular weight excluding hydrogens is 314 g/mol. The summed E-state index contributed by atoms with van der Waals surface area (Å²) in [5.74, 6) is 0.618. The first-order valence-electron chi connectivity index (χ1n) is 8.61. The lowest BCUT2D eigenvalue weighted by molar-refractivity contribution is -0.136. The summed E-state index contributed by atoms with van der Waals surface area (Å²) >= 11 is 0. The lowest BCUT2D eigenvalue weighted by Crippen LogP contribution is -2.07. The number of anilines is 1. The molecule has 4 heteroatoms. The summed E-state index contributed by atoms with van der Waals surface area (Å²) in [5.41, 5.74) is 4.94. The average Bonchev–Trinajstić information content (AvgIpc) is 2.88. The zero-order valence-electron chi connectivity index (χ0n) is 14.7. The van der Waals surface area contributed by atoms with Crippen molar-refractivity contribution in [3.05, 3.63) is 53.6 Å². The molecule has 0 fully saturated rings. The van der Waals surface area contributed by atoms with Crippen LogP contribution in [0.25, 0.3) is 17.2 Å². The van der Waals surface area contributed by atoms with Crippen LogP contribution in [0.1, 0.15) is 25.3 Å². The fourth-order valence-electron chi connectivity index (χ4n) is 2.87. The van der Waals surface area contributed by atoms with Gasteiger partial charge in [-0.15, -0.1) is 0 Å². The minimum absolute atomic E-state index is 0.266. The van der Waals surface area contributed by atoms with Gasteiger partial charge in [-0.3, -0.25) is 0 Å².